The first-order valence-corrected chi connectivity index (χ1v) is 9.91. The molecule has 0 aliphatic rings. The molecule has 0 saturated carbocycles. The van der Waals surface area contributed by atoms with E-state index in [4.69, 9.17) is 14.2 Å². The summed E-state index contributed by atoms with van der Waals surface area (Å²) in [5.74, 6) is 1.65. The maximum Gasteiger partial charge on any atom is 0.271 e. The number of benzene rings is 3. The van der Waals surface area contributed by atoms with E-state index >= 15 is 0 Å². The molecule has 0 fully saturated rings. The van der Waals surface area contributed by atoms with Crippen LogP contribution in [0.1, 0.15) is 21.5 Å². The monoisotopic (exact) mass is 468 g/mol. The quantitative estimate of drug-likeness (QED) is 0.380. The number of carbonyl (C=O) groups is 1. The Morgan fingerprint density at radius 3 is 2.33 bits per heavy atom. The van der Waals surface area contributed by atoms with E-state index in [0.717, 1.165) is 10.0 Å². The summed E-state index contributed by atoms with van der Waals surface area (Å²) in [6.07, 6.45) is 1.51. The van der Waals surface area contributed by atoms with Crippen LogP contribution in [0.2, 0.25) is 0 Å². The Hall–Kier alpha value is -3.32. The lowest BCUT2D eigenvalue weighted by atomic mass is 10.2. The van der Waals surface area contributed by atoms with Crippen molar-refractivity contribution in [3.05, 3.63) is 87.9 Å². The highest BCUT2D eigenvalue weighted by Gasteiger charge is 2.06. The van der Waals surface area contributed by atoms with E-state index in [9.17, 15) is 4.79 Å². The summed E-state index contributed by atoms with van der Waals surface area (Å²) in [4.78, 5) is 12.3. The molecule has 6 nitrogen and oxygen atoms in total. The number of amides is 1. The molecule has 154 valence electrons. The van der Waals surface area contributed by atoms with Gasteiger partial charge in [0, 0.05) is 15.6 Å². The number of nitrogens with one attached hydrogen (secondary N) is 1. The second kappa shape index (κ2) is 10.5. The number of hydrogen-bond acceptors (Lipinski definition) is 5. The molecule has 0 aliphatic carbocycles. The lowest BCUT2D eigenvalue weighted by Gasteiger charge is -2.08. The molecule has 0 saturated heterocycles. The van der Waals surface area contributed by atoms with Crippen LogP contribution in [0.5, 0.6) is 17.2 Å². The van der Waals surface area contributed by atoms with E-state index < -0.39 is 0 Å². The van der Waals surface area contributed by atoms with Crippen LogP contribution >= 0.6 is 15.9 Å². The molecule has 0 radical (unpaired) electrons. The van der Waals surface area contributed by atoms with Crippen molar-refractivity contribution in [2.75, 3.05) is 14.2 Å². The highest BCUT2D eigenvalue weighted by Crippen LogP contribution is 2.22. The van der Waals surface area contributed by atoms with Gasteiger partial charge in [-0.15, -0.1) is 0 Å². The van der Waals surface area contributed by atoms with Gasteiger partial charge in [-0.2, -0.15) is 5.10 Å². The Morgan fingerprint density at radius 1 is 0.967 bits per heavy atom. The Balaban J connectivity index is 1.57. The molecule has 3 aromatic rings. The number of hydrogen-bond donors (Lipinski definition) is 1. The molecule has 0 unspecified atom stereocenters. The third-order valence-corrected chi connectivity index (χ3v) is 4.77. The van der Waals surface area contributed by atoms with Gasteiger partial charge < -0.3 is 14.2 Å². The van der Waals surface area contributed by atoms with Gasteiger partial charge in [-0.05, 0) is 60.2 Å². The number of hydrazone groups is 1. The van der Waals surface area contributed by atoms with E-state index in [2.05, 4.69) is 26.5 Å². The van der Waals surface area contributed by atoms with Crippen LogP contribution in [-0.4, -0.2) is 26.3 Å². The van der Waals surface area contributed by atoms with E-state index in [1.807, 2.05) is 24.3 Å². The lowest BCUT2D eigenvalue weighted by Crippen LogP contribution is -2.17. The van der Waals surface area contributed by atoms with Crippen LogP contribution < -0.4 is 19.6 Å². The van der Waals surface area contributed by atoms with Gasteiger partial charge in [-0.25, -0.2) is 5.43 Å². The van der Waals surface area contributed by atoms with Crippen LogP contribution in [0.15, 0.2) is 76.3 Å². The highest BCUT2D eigenvalue weighted by molar-refractivity contribution is 9.10. The van der Waals surface area contributed by atoms with Crippen molar-refractivity contribution in [2.24, 2.45) is 5.10 Å². The molecule has 1 amide bonds. The zero-order valence-corrected chi connectivity index (χ0v) is 18.2. The predicted molar refractivity (Wildman–Crippen MR) is 120 cm³/mol. The second-order valence-corrected chi connectivity index (χ2v) is 7.16. The van der Waals surface area contributed by atoms with Crippen LogP contribution in [0.25, 0.3) is 0 Å². The molecule has 0 aliphatic heterocycles. The second-order valence-electron chi connectivity index (χ2n) is 6.25. The summed E-state index contributed by atoms with van der Waals surface area (Å²) in [6.45, 7) is 0.450. The van der Waals surface area contributed by atoms with E-state index in [1.165, 1.54) is 6.21 Å². The van der Waals surface area contributed by atoms with E-state index in [-0.39, 0.29) is 5.91 Å². The first kappa shape index (κ1) is 21.4. The minimum absolute atomic E-state index is 0.326. The number of halogens is 1. The van der Waals surface area contributed by atoms with Gasteiger partial charge in [-0.3, -0.25) is 4.79 Å². The third-order valence-electron chi connectivity index (χ3n) is 4.24. The van der Waals surface area contributed by atoms with Crippen molar-refractivity contribution in [1.29, 1.82) is 0 Å². The van der Waals surface area contributed by atoms with Gasteiger partial charge in [0.1, 0.15) is 23.9 Å². The molecule has 0 aromatic heterocycles. The number of rotatable bonds is 8. The van der Waals surface area contributed by atoms with Gasteiger partial charge in [0.05, 0.1) is 20.4 Å². The number of methoxy groups -OCH3 is 2. The normalized spacial score (nSPS) is 10.6. The van der Waals surface area contributed by atoms with Gasteiger partial charge in [0.25, 0.3) is 5.91 Å². The molecule has 30 heavy (non-hydrogen) atoms. The summed E-state index contributed by atoms with van der Waals surface area (Å²) < 4.78 is 17.3. The van der Waals surface area contributed by atoms with Gasteiger partial charge in [0.15, 0.2) is 0 Å². The number of ether oxygens (including phenoxy) is 3. The summed E-state index contributed by atoms with van der Waals surface area (Å²) in [7, 11) is 3.15. The van der Waals surface area contributed by atoms with Crippen molar-refractivity contribution in [2.45, 2.75) is 6.61 Å². The zero-order valence-electron chi connectivity index (χ0n) is 16.6. The van der Waals surface area contributed by atoms with Crippen molar-refractivity contribution in [3.63, 3.8) is 0 Å². The Labute approximate surface area is 183 Å². The summed E-state index contributed by atoms with van der Waals surface area (Å²) in [6, 6.07) is 20.1. The molecule has 0 bridgehead atoms. The maximum absolute atomic E-state index is 12.3. The van der Waals surface area contributed by atoms with Gasteiger partial charge in [-0.1, -0.05) is 28.1 Å². The van der Waals surface area contributed by atoms with Crippen LogP contribution in [-0.2, 0) is 6.61 Å². The largest absolute Gasteiger partial charge is 0.497 e. The van der Waals surface area contributed by atoms with Crippen molar-refractivity contribution in [1.82, 2.24) is 5.43 Å². The van der Waals surface area contributed by atoms with Crippen molar-refractivity contribution in [3.8, 4) is 17.2 Å². The van der Waals surface area contributed by atoms with Crippen LogP contribution in [0, 0.1) is 0 Å². The standard InChI is InChI=1S/C23H21BrN2O4/c1-28-21-11-12-22(29-2)18(13-21)14-25-26-23(27)17-5-9-20(10-6-17)30-15-16-3-7-19(24)8-4-16/h3-14H,15H2,1-2H3,(H,26,27)/b25-14-. The smallest absolute Gasteiger partial charge is 0.271 e. The van der Waals surface area contributed by atoms with Crippen molar-refractivity contribution >= 4 is 28.1 Å². The zero-order chi connectivity index (χ0) is 21.3. The SMILES string of the molecule is COc1ccc(OC)c(/C=N\NC(=O)c2ccc(OCc3ccc(Br)cc3)cc2)c1. The lowest BCUT2D eigenvalue weighted by molar-refractivity contribution is 0.0955. The molecule has 3 rings (SSSR count). The minimum Gasteiger partial charge on any atom is -0.497 e. The van der Waals surface area contributed by atoms with Gasteiger partial charge in [0.2, 0.25) is 0 Å². The Bertz CT molecular complexity index is 1020. The van der Waals surface area contributed by atoms with Crippen molar-refractivity contribution < 1.29 is 19.0 Å². The van der Waals surface area contributed by atoms with E-state index in [1.54, 1.807) is 56.7 Å². The Kier molecular flexibility index (Phi) is 7.45. The third kappa shape index (κ3) is 5.84. The first-order chi connectivity index (χ1) is 14.6. The van der Waals surface area contributed by atoms with Gasteiger partial charge >= 0.3 is 0 Å². The fourth-order valence-corrected chi connectivity index (χ4v) is 2.88. The summed E-state index contributed by atoms with van der Waals surface area (Å²) in [5, 5.41) is 4.01. The fourth-order valence-electron chi connectivity index (χ4n) is 2.62. The summed E-state index contributed by atoms with van der Waals surface area (Å²) >= 11 is 3.41. The highest BCUT2D eigenvalue weighted by atomic mass is 79.9. The molecular formula is C23H21BrN2O4. The fraction of sp³-hybridized carbons (Fsp3) is 0.130. The predicted octanol–water partition coefficient (Wildman–Crippen LogP) is 4.81. The molecule has 7 heteroatoms. The summed E-state index contributed by atoms with van der Waals surface area (Å²) in [5.41, 5.74) is 4.73. The first-order valence-electron chi connectivity index (χ1n) is 9.12. The van der Waals surface area contributed by atoms with E-state index in [0.29, 0.717) is 35.0 Å². The topological polar surface area (TPSA) is 69.2 Å². The van der Waals surface area contributed by atoms with Crippen LogP contribution in [0.4, 0.5) is 0 Å². The molecule has 3 aromatic carbocycles. The maximum atomic E-state index is 12.3. The molecule has 0 atom stereocenters. The van der Waals surface area contributed by atoms with Crippen LogP contribution in [0.3, 0.4) is 0 Å². The average molecular weight is 469 g/mol. The molecule has 0 spiro atoms. The average Bonchev–Trinajstić information content (AvgIpc) is 2.79. The number of carbonyl (C=O) groups excluding carboxylic acids is 1. The molecular weight excluding hydrogens is 448 g/mol. The number of nitrogens with zero attached hydrogens (tertiary/aromatic N) is 1. The minimum atomic E-state index is -0.326. The molecule has 0 heterocycles. The molecule has 1 N–H and O–H groups in total. The Morgan fingerprint density at radius 2 is 1.67 bits per heavy atom.